The summed E-state index contributed by atoms with van der Waals surface area (Å²) in [4.78, 5) is 16.1. The summed E-state index contributed by atoms with van der Waals surface area (Å²) >= 11 is 3.51. The Morgan fingerprint density at radius 1 is 1.45 bits per heavy atom. The van der Waals surface area contributed by atoms with Crippen molar-refractivity contribution in [2.45, 2.75) is 40.3 Å². The number of halogens is 1. The second-order valence-electron chi connectivity index (χ2n) is 5.51. The summed E-state index contributed by atoms with van der Waals surface area (Å²) in [7, 11) is 0. The van der Waals surface area contributed by atoms with Crippen molar-refractivity contribution in [2.24, 2.45) is 5.92 Å². The van der Waals surface area contributed by atoms with Crippen LogP contribution in [0.3, 0.4) is 0 Å². The van der Waals surface area contributed by atoms with Gasteiger partial charge in [-0.3, -0.25) is 9.48 Å². The number of nitrogens with zero attached hydrogens (tertiary/aromatic N) is 4. The molecule has 2 aromatic rings. The molecule has 0 fully saturated rings. The Morgan fingerprint density at radius 2 is 2.23 bits per heavy atom. The standard InChI is InChI=1S/C15H22BrN5O/c1-11(9-21-13(3)14(16)12(2)19-21)15(22)18-5-4-7-20-8-6-17-10-20/h6,8,10-11H,4-5,7,9H2,1-3H3,(H,18,22)/t11-/m1/s1. The van der Waals surface area contributed by atoms with Crippen LogP contribution in [0.5, 0.6) is 0 Å². The van der Waals surface area contributed by atoms with Crippen LogP contribution >= 0.6 is 15.9 Å². The van der Waals surface area contributed by atoms with Crippen LogP contribution < -0.4 is 5.32 Å². The summed E-state index contributed by atoms with van der Waals surface area (Å²) in [5.41, 5.74) is 2.00. The zero-order valence-corrected chi connectivity index (χ0v) is 14.8. The molecule has 0 aliphatic heterocycles. The lowest BCUT2D eigenvalue weighted by Crippen LogP contribution is -2.33. The lowest BCUT2D eigenvalue weighted by molar-refractivity contribution is -0.124. The highest BCUT2D eigenvalue weighted by atomic mass is 79.9. The predicted molar refractivity (Wildman–Crippen MR) is 88.4 cm³/mol. The first-order valence-electron chi connectivity index (χ1n) is 7.42. The minimum absolute atomic E-state index is 0.0642. The van der Waals surface area contributed by atoms with Gasteiger partial charge in [-0.1, -0.05) is 6.92 Å². The molecule has 1 amide bonds. The van der Waals surface area contributed by atoms with Crippen molar-refractivity contribution in [2.75, 3.05) is 6.54 Å². The minimum atomic E-state index is -0.113. The third kappa shape index (κ3) is 4.19. The van der Waals surface area contributed by atoms with Crippen molar-refractivity contribution in [3.05, 3.63) is 34.6 Å². The molecule has 1 N–H and O–H groups in total. The van der Waals surface area contributed by atoms with E-state index in [0.717, 1.165) is 28.8 Å². The van der Waals surface area contributed by atoms with Crippen molar-refractivity contribution in [3.63, 3.8) is 0 Å². The van der Waals surface area contributed by atoms with E-state index in [1.54, 1.807) is 12.5 Å². The van der Waals surface area contributed by atoms with Gasteiger partial charge in [-0.15, -0.1) is 0 Å². The number of rotatable bonds is 7. The van der Waals surface area contributed by atoms with Gasteiger partial charge in [-0.05, 0) is 36.2 Å². The monoisotopic (exact) mass is 367 g/mol. The van der Waals surface area contributed by atoms with Gasteiger partial charge in [0, 0.05) is 31.2 Å². The van der Waals surface area contributed by atoms with Crippen molar-refractivity contribution in [1.29, 1.82) is 0 Å². The van der Waals surface area contributed by atoms with Gasteiger partial charge >= 0.3 is 0 Å². The van der Waals surface area contributed by atoms with E-state index in [0.29, 0.717) is 13.1 Å². The Hall–Kier alpha value is -1.63. The Labute approximate surface area is 139 Å². The van der Waals surface area contributed by atoms with Crippen LogP contribution in [0.1, 0.15) is 24.7 Å². The number of nitrogens with one attached hydrogen (secondary N) is 1. The van der Waals surface area contributed by atoms with Gasteiger partial charge in [0.25, 0.3) is 0 Å². The molecule has 0 saturated heterocycles. The maximum Gasteiger partial charge on any atom is 0.224 e. The Kier molecular flexibility index (Phi) is 5.76. The number of hydrogen-bond donors (Lipinski definition) is 1. The first-order chi connectivity index (χ1) is 10.5. The maximum absolute atomic E-state index is 12.1. The largest absolute Gasteiger partial charge is 0.356 e. The summed E-state index contributed by atoms with van der Waals surface area (Å²) in [5, 5.41) is 7.42. The van der Waals surface area contributed by atoms with Gasteiger partial charge < -0.3 is 9.88 Å². The summed E-state index contributed by atoms with van der Waals surface area (Å²) < 4.78 is 4.90. The molecule has 2 rings (SSSR count). The van der Waals surface area contributed by atoms with Crippen LogP contribution in [0.25, 0.3) is 0 Å². The number of carbonyl (C=O) groups is 1. The zero-order chi connectivity index (χ0) is 16.1. The number of aryl methyl sites for hydroxylation is 2. The first-order valence-corrected chi connectivity index (χ1v) is 8.21. The van der Waals surface area contributed by atoms with Gasteiger partial charge in [0.15, 0.2) is 0 Å². The molecule has 1 atom stereocenters. The Morgan fingerprint density at radius 3 is 2.82 bits per heavy atom. The third-order valence-electron chi connectivity index (χ3n) is 3.64. The molecule has 0 aliphatic carbocycles. The molecule has 6 nitrogen and oxygen atoms in total. The van der Waals surface area contributed by atoms with E-state index in [9.17, 15) is 4.79 Å². The highest BCUT2D eigenvalue weighted by molar-refractivity contribution is 9.10. The van der Waals surface area contributed by atoms with E-state index in [1.807, 2.05) is 36.2 Å². The van der Waals surface area contributed by atoms with E-state index in [-0.39, 0.29) is 11.8 Å². The summed E-state index contributed by atoms with van der Waals surface area (Å²) in [6.45, 7) is 8.00. The van der Waals surface area contributed by atoms with Crippen LogP contribution in [0.4, 0.5) is 0 Å². The Balaban J connectivity index is 1.75. The van der Waals surface area contributed by atoms with Crippen LogP contribution in [0.15, 0.2) is 23.2 Å². The summed E-state index contributed by atoms with van der Waals surface area (Å²) in [5.74, 6) is -0.0487. The molecule has 0 radical (unpaired) electrons. The highest BCUT2D eigenvalue weighted by Crippen LogP contribution is 2.20. The number of imidazole rings is 1. The smallest absolute Gasteiger partial charge is 0.224 e. The quantitative estimate of drug-likeness (QED) is 0.763. The van der Waals surface area contributed by atoms with Gasteiger partial charge in [0.2, 0.25) is 5.91 Å². The van der Waals surface area contributed by atoms with E-state index in [1.165, 1.54) is 0 Å². The SMILES string of the molecule is Cc1nn(C[C@@H](C)C(=O)NCCCn2ccnc2)c(C)c1Br. The van der Waals surface area contributed by atoms with Crippen molar-refractivity contribution in [3.8, 4) is 0 Å². The van der Waals surface area contributed by atoms with Crippen LogP contribution in [0, 0.1) is 19.8 Å². The van der Waals surface area contributed by atoms with E-state index in [4.69, 9.17) is 0 Å². The van der Waals surface area contributed by atoms with Gasteiger partial charge in [0.05, 0.1) is 29.0 Å². The van der Waals surface area contributed by atoms with E-state index < -0.39 is 0 Å². The summed E-state index contributed by atoms with van der Waals surface area (Å²) in [6, 6.07) is 0. The second kappa shape index (κ2) is 7.58. The normalized spacial score (nSPS) is 12.4. The van der Waals surface area contributed by atoms with Crippen LogP contribution in [-0.4, -0.2) is 31.8 Å². The van der Waals surface area contributed by atoms with Gasteiger partial charge in [-0.2, -0.15) is 5.10 Å². The summed E-state index contributed by atoms with van der Waals surface area (Å²) in [6.07, 6.45) is 6.35. The third-order valence-corrected chi connectivity index (χ3v) is 4.79. The molecular formula is C15H22BrN5O. The van der Waals surface area contributed by atoms with Crippen molar-refractivity contribution in [1.82, 2.24) is 24.6 Å². The number of hydrogen-bond acceptors (Lipinski definition) is 3. The lowest BCUT2D eigenvalue weighted by Gasteiger charge is -2.13. The molecule has 0 spiro atoms. The van der Waals surface area contributed by atoms with E-state index >= 15 is 0 Å². The zero-order valence-electron chi connectivity index (χ0n) is 13.2. The Bertz CT molecular complexity index is 620. The average Bonchev–Trinajstić information content (AvgIpc) is 3.09. The molecule has 7 heteroatoms. The average molecular weight is 368 g/mol. The number of aromatic nitrogens is 4. The first kappa shape index (κ1) is 16.7. The van der Waals surface area contributed by atoms with Crippen LogP contribution in [0.2, 0.25) is 0 Å². The molecule has 0 unspecified atom stereocenters. The lowest BCUT2D eigenvalue weighted by atomic mass is 10.1. The fourth-order valence-electron chi connectivity index (χ4n) is 2.26. The molecular weight excluding hydrogens is 346 g/mol. The van der Waals surface area contributed by atoms with E-state index in [2.05, 4.69) is 31.3 Å². The minimum Gasteiger partial charge on any atom is -0.356 e. The highest BCUT2D eigenvalue weighted by Gasteiger charge is 2.16. The maximum atomic E-state index is 12.1. The van der Waals surface area contributed by atoms with Crippen LogP contribution in [-0.2, 0) is 17.9 Å². The van der Waals surface area contributed by atoms with Gasteiger partial charge in [0.1, 0.15) is 0 Å². The molecule has 0 aliphatic rings. The molecule has 0 bridgehead atoms. The topological polar surface area (TPSA) is 64.7 Å². The molecule has 2 aromatic heterocycles. The molecule has 0 saturated carbocycles. The molecule has 2 heterocycles. The predicted octanol–water partition coefficient (Wildman–Crippen LogP) is 2.30. The number of carbonyl (C=O) groups excluding carboxylic acids is 1. The van der Waals surface area contributed by atoms with Crippen molar-refractivity contribution < 1.29 is 4.79 Å². The number of amides is 1. The van der Waals surface area contributed by atoms with Crippen molar-refractivity contribution >= 4 is 21.8 Å². The second-order valence-corrected chi connectivity index (χ2v) is 6.31. The molecule has 0 aromatic carbocycles. The van der Waals surface area contributed by atoms with Gasteiger partial charge in [-0.25, -0.2) is 4.98 Å². The molecule has 120 valence electrons. The fraction of sp³-hybridized carbons (Fsp3) is 0.533. The molecule has 22 heavy (non-hydrogen) atoms. The fourth-order valence-corrected chi connectivity index (χ4v) is 2.55.